The molecule has 1 atom stereocenters. The summed E-state index contributed by atoms with van der Waals surface area (Å²) in [7, 11) is 0. The van der Waals surface area contributed by atoms with Crippen molar-refractivity contribution in [2.24, 2.45) is 23.5 Å². The van der Waals surface area contributed by atoms with Crippen LogP contribution in [-0.4, -0.2) is 31.2 Å². The molecule has 21 heavy (non-hydrogen) atoms. The van der Waals surface area contributed by atoms with Gasteiger partial charge in [0.1, 0.15) is 0 Å². The second-order valence-electron chi connectivity index (χ2n) is 6.40. The van der Waals surface area contributed by atoms with E-state index >= 15 is 0 Å². The number of nitrogens with two attached hydrogens (primary N) is 1. The Morgan fingerprint density at radius 1 is 1.05 bits per heavy atom. The Labute approximate surface area is 124 Å². The third kappa shape index (κ3) is 3.84. The molecule has 3 fully saturated rings. The van der Waals surface area contributed by atoms with Crippen molar-refractivity contribution in [2.75, 3.05) is 13.2 Å². The molecule has 0 spiro atoms. The minimum absolute atomic E-state index is 0.0149. The van der Waals surface area contributed by atoms with Gasteiger partial charge in [-0.2, -0.15) is 0 Å². The maximum Gasteiger partial charge on any atom is 0.331 e. The molecule has 116 valence electrons. The van der Waals surface area contributed by atoms with E-state index in [1.165, 1.54) is 31.3 Å². The number of carbonyl (C=O) groups excluding carboxylic acids is 2. The number of esters is 1. The molecule has 1 saturated heterocycles. The Balaban J connectivity index is 1.62. The molecule has 1 amide bonds. The average Bonchev–Trinajstić information content (AvgIpc) is 3.36. The van der Waals surface area contributed by atoms with Gasteiger partial charge in [0.15, 0.2) is 6.10 Å². The van der Waals surface area contributed by atoms with Crippen LogP contribution in [0, 0.1) is 17.8 Å². The van der Waals surface area contributed by atoms with E-state index in [0.717, 1.165) is 0 Å². The first-order chi connectivity index (χ1) is 10.1. The van der Waals surface area contributed by atoms with E-state index < -0.39 is 18.0 Å². The fraction of sp³-hybridized carbons (Fsp3) is 0.750. The van der Waals surface area contributed by atoms with E-state index in [1.54, 1.807) is 6.08 Å². The lowest BCUT2D eigenvalue weighted by atomic mass is 9.93. The third-order valence-electron chi connectivity index (χ3n) is 4.60. The number of ether oxygens (including phenoxy) is 2. The van der Waals surface area contributed by atoms with Crippen molar-refractivity contribution in [3.05, 3.63) is 11.6 Å². The summed E-state index contributed by atoms with van der Waals surface area (Å²) in [6.45, 7) is 1.19. The zero-order valence-electron chi connectivity index (χ0n) is 12.3. The van der Waals surface area contributed by atoms with Gasteiger partial charge in [-0.3, -0.25) is 4.79 Å². The molecule has 0 aromatic rings. The van der Waals surface area contributed by atoms with Crippen molar-refractivity contribution < 1.29 is 19.1 Å². The van der Waals surface area contributed by atoms with E-state index in [9.17, 15) is 9.59 Å². The number of hydrogen-bond acceptors (Lipinski definition) is 4. The van der Waals surface area contributed by atoms with E-state index in [0.29, 0.717) is 37.9 Å². The summed E-state index contributed by atoms with van der Waals surface area (Å²) < 4.78 is 10.7. The highest BCUT2D eigenvalue weighted by atomic mass is 16.5. The Morgan fingerprint density at radius 2 is 1.62 bits per heavy atom. The molecule has 0 aromatic carbocycles. The van der Waals surface area contributed by atoms with Gasteiger partial charge in [-0.15, -0.1) is 0 Å². The van der Waals surface area contributed by atoms with E-state index in [2.05, 4.69) is 0 Å². The molecule has 3 aliphatic rings. The fourth-order valence-electron chi connectivity index (χ4n) is 3.10. The van der Waals surface area contributed by atoms with Crippen LogP contribution in [0.2, 0.25) is 0 Å². The highest BCUT2D eigenvalue weighted by Crippen LogP contribution is 2.48. The highest BCUT2D eigenvalue weighted by Gasteiger charge is 2.37. The Kier molecular flexibility index (Phi) is 4.29. The van der Waals surface area contributed by atoms with Crippen LogP contribution in [0.5, 0.6) is 0 Å². The van der Waals surface area contributed by atoms with Gasteiger partial charge in [0, 0.05) is 25.2 Å². The zero-order valence-corrected chi connectivity index (χ0v) is 12.3. The predicted octanol–water partition coefficient (Wildman–Crippen LogP) is 1.56. The molecular weight excluding hydrogens is 270 g/mol. The van der Waals surface area contributed by atoms with Crippen LogP contribution in [0.3, 0.4) is 0 Å². The number of amides is 1. The molecule has 5 nitrogen and oxygen atoms in total. The average molecular weight is 293 g/mol. The van der Waals surface area contributed by atoms with Crippen LogP contribution in [0.25, 0.3) is 0 Å². The molecule has 1 unspecified atom stereocenters. The van der Waals surface area contributed by atoms with Crippen molar-refractivity contribution in [3.8, 4) is 0 Å². The number of hydrogen-bond donors (Lipinski definition) is 1. The van der Waals surface area contributed by atoms with Gasteiger partial charge >= 0.3 is 5.97 Å². The van der Waals surface area contributed by atoms with Gasteiger partial charge in [0.25, 0.3) is 5.91 Å². The minimum atomic E-state index is -0.822. The Morgan fingerprint density at radius 3 is 2.10 bits per heavy atom. The minimum Gasteiger partial charge on any atom is -0.449 e. The third-order valence-corrected chi connectivity index (χ3v) is 4.60. The van der Waals surface area contributed by atoms with Crippen molar-refractivity contribution in [2.45, 2.75) is 44.6 Å². The second kappa shape index (κ2) is 6.18. The van der Waals surface area contributed by atoms with Crippen LogP contribution in [-0.2, 0) is 19.1 Å². The molecule has 1 aliphatic heterocycles. The maximum absolute atomic E-state index is 12.1. The van der Waals surface area contributed by atoms with Crippen LogP contribution in [0.15, 0.2) is 11.6 Å². The van der Waals surface area contributed by atoms with Crippen LogP contribution < -0.4 is 5.73 Å². The zero-order chi connectivity index (χ0) is 14.8. The standard InChI is InChI=1S/C16H23NO4/c17-16(19)15(12-5-7-20-8-6-12)21-14(18)9-13(10-1-2-10)11-3-4-11/h9-12,15H,1-8H2,(H2,17,19). The lowest BCUT2D eigenvalue weighted by Gasteiger charge is -2.27. The number of rotatable bonds is 6. The first-order valence-corrected chi connectivity index (χ1v) is 7.94. The van der Waals surface area contributed by atoms with Gasteiger partial charge in [0.05, 0.1) is 0 Å². The molecule has 0 bridgehead atoms. The summed E-state index contributed by atoms with van der Waals surface area (Å²) >= 11 is 0. The summed E-state index contributed by atoms with van der Waals surface area (Å²) in [5.41, 5.74) is 6.64. The summed E-state index contributed by atoms with van der Waals surface area (Å²) in [6.07, 6.45) is 6.93. The lowest BCUT2D eigenvalue weighted by Crippen LogP contribution is -2.41. The summed E-state index contributed by atoms with van der Waals surface area (Å²) in [6, 6.07) is 0. The van der Waals surface area contributed by atoms with Crippen LogP contribution >= 0.6 is 0 Å². The molecule has 0 radical (unpaired) electrons. The van der Waals surface area contributed by atoms with Crippen LogP contribution in [0.4, 0.5) is 0 Å². The van der Waals surface area contributed by atoms with Crippen LogP contribution in [0.1, 0.15) is 38.5 Å². The largest absolute Gasteiger partial charge is 0.449 e. The van der Waals surface area contributed by atoms with E-state index in [-0.39, 0.29) is 5.92 Å². The monoisotopic (exact) mass is 293 g/mol. The fourth-order valence-corrected chi connectivity index (χ4v) is 3.10. The van der Waals surface area contributed by atoms with Crippen molar-refractivity contribution in [1.29, 1.82) is 0 Å². The van der Waals surface area contributed by atoms with Gasteiger partial charge in [-0.25, -0.2) is 4.79 Å². The molecule has 5 heteroatoms. The predicted molar refractivity (Wildman–Crippen MR) is 76.1 cm³/mol. The van der Waals surface area contributed by atoms with Gasteiger partial charge in [-0.05, 0) is 50.4 Å². The SMILES string of the molecule is NC(=O)C(OC(=O)C=C(C1CC1)C1CC1)C1CCOCC1. The summed E-state index contributed by atoms with van der Waals surface area (Å²) in [4.78, 5) is 23.7. The van der Waals surface area contributed by atoms with E-state index in [4.69, 9.17) is 15.2 Å². The summed E-state index contributed by atoms with van der Waals surface area (Å²) in [5.74, 6) is 0.168. The molecular formula is C16H23NO4. The molecule has 3 rings (SSSR count). The summed E-state index contributed by atoms with van der Waals surface area (Å²) in [5, 5.41) is 0. The second-order valence-corrected chi connectivity index (χ2v) is 6.40. The highest BCUT2D eigenvalue weighted by molar-refractivity contribution is 5.87. The molecule has 2 saturated carbocycles. The lowest BCUT2D eigenvalue weighted by molar-refractivity contribution is -0.155. The van der Waals surface area contributed by atoms with Gasteiger partial charge in [-0.1, -0.05) is 5.57 Å². The first kappa shape index (κ1) is 14.6. The molecule has 0 aromatic heterocycles. The Hall–Kier alpha value is -1.36. The Bertz CT molecular complexity index is 431. The van der Waals surface area contributed by atoms with Crippen molar-refractivity contribution in [1.82, 2.24) is 0 Å². The molecule has 2 aliphatic carbocycles. The first-order valence-electron chi connectivity index (χ1n) is 7.94. The molecule has 2 N–H and O–H groups in total. The topological polar surface area (TPSA) is 78.6 Å². The van der Waals surface area contributed by atoms with Gasteiger partial charge < -0.3 is 15.2 Å². The van der Waals surface area contributed by atoms with Crippen molar-refractivity contribution in [3.63, 3.8) is 0 Å². The van der Waals surface area contributed by atoms with Gasteiger partial charge in [0.2, 0.25) is 0 Å². The molecule has 1 heterocycles. The van der Waals surface area contributed by atoms with E-state index in [1.807, 2.05) is 0 Å². The van der Waals surface area contributed by atoms with Crippen molar-refractivity contribution >= 4 is 11.9 Å². The maximum atomic E-state index is 12.1. The number of carbonyl (C=O) groups is 2. The normalized spacial score (nSPS) is 24.2. The number of allylic oxidation sites excluding steroid dienone is 1. The number of primary amides is 1. The smallest absolute Gasteiger partial charge is 0.331 e. The quantitative estimate of drug-likeness (QED) is 0.595.